The number of carbonyl (C=O) groups excluding carboxylic acids is 1. The van der Waals surface area contributed by atoms with Crippen molar-refractivity contribution in [2.75, 3.05) is 13.1 Å². The molecule has 0 spiro atoms. The number of benzene rings is 2. The molecule has 1 aliphatic heterocycles. The number of likely N-dealkylation sites (tertiary alicyclic amines) is 1. The van der Waals surface area contributed by atoms with Crippen LogP contribution in [0.1, 0.15) is 23.2 Å². The van der Waals surface area contributed by atoms with Crippen molar-refractivity contribution in [3.8, 4) is 0 Å². The fourth-order valence-electron chi connectivity index (χ4n) is 3.05. The number of rotatable bonds is 3. The van der Waals surface area contributed by atoms with E-state index in [2.05, 4.69) is 0 Å². The zero-order valence-electron chi connectivity index (χ0n) is 13.7. The van der Waals surface area contributed by atoms with Crippen LogP contribution in [-0.2, 0) is 9.84 Å². The summed E-state index contributed by atoms with van der Waals surface area (Å²) in [6.45, 7) is 0.134. The van der Waals surface area contributed by atoms with E-state index in [4.69, 9.17) is 0 Å². The fraction of sp³-hybridized carbons (Fsp3) is 0.278. The van der Waals surface area contributed by atoms with E-state index in [1.807, 2.05) is 0 Å². The van der Waals surface area contributed by atoms with E-state index in [1.54, 1.807) is 0 Å². The zero-order chi connectivity index (χ0) is 18.9. The smallest absolute Gasteiger partial charge is 0.259 e. The molecule has 0 N–H and O–H groups in total. The Kier molecular flexibility index (Phi) is 5.04. The van der Waals surface area contributed by atoms with Crippen molar-refractivity contribution in [1.29, 1.82) is 0 Å². The van der Waals surface area contributed by atoms with Gasteiger partial charge in [0.05, 0.1) is 10.1 Å². The predicted octanol–water partition coefficient (Wildman–Crippen LogP) is 3.18. The second kappa shape index (κ2) is 7.11. The van der Waals surface area contributed by atoms with Gasteiger partial charge in [0.1, 0.15) is 23.0 Å². The molecule has 26 heavy (non-hydrogen) atoms. The monoisotopic (exact) mass is 383 g/mol. The van der Waals surface area contributed by atoms with Gasteiger partial charge >= 0.3 is 0 Å². The van der Waals surface area contributed by atoms with Crippen LogP contribution in [0.15, 0.2) is 47.4 Å². The van der Waals surface area contributed by atoms with E-state index in [0.29, 0.717) is 0 Å². The summed E-state index contributed by atoms with van der Waals surface area (Å²) in [4.78, 5) is 13.6. The maximum Gasteiger partial charge on any atom is 0.259 e. The van der Waals surface area contributed by atoms with Gasteiger partial charge in [0.2, 0.25) is 0 Å². The minimum atomic E-state index is -3.66. The lowest BCUT2D eigenvalue weighted by molar-refractivity contribution is 0.0715. The summed E-state index contributed by atoms with van der Waals surface area (Å²) in [5.41, 5.74) is -0.632. The van der Waals surface area contributed by atoms with Crippen LogP contribution < -0.4 is 0 Å². The highest BCUT2D eigenvalue weighted by Crippen LogP contribution is 2.26. The molecule has 2 aromatic carbocycles. The molecule has 1 aliphatic rings. The van der Waals surface area contributed by atoms with Crippen molar-refractivity contribution in [1.82, 2.24) is 4.90 Å². The Labute approximate surface area is 149 Å². The number of carbonyl (C=O) groups is 1. The normalized spacial score (nSPS) is 15.9. The average Bonchev–Trinajstić information content (AvgIpc) is 2.62. The maximum absolute atomic E-state index is 13.8. The highest BCUT2D eigenvalue weighted by molar-refractivity contribution is 7.92. The lowest BCUT2D eigenvalue weighted by Gasteiger charge is -2.32. The van der Waals surface area contributed by atoms with E-state index >= 15 is 0 Å². The highest BCUT2D eigenvalue weighted by atomic mass is 32.2. The highest BCUT2D eigenvalue weighted by Gasteiger charge is 2.34. The third kappa shape index (κ3) is 3.46. The van der Waals surface area contributed by atoms with Gasteiger partial charge in [-0.05, 0) is 49.2 Å². The standard InChI is InChI=1S/C18H16F3NO3S/c19-12-4-6-13(7-5-12)26(24,25)14-8-10-22(11-9-14)18(23)17-15(20)2-1-3-16(17)21/h1-7,14H,8-11H2. The van der Waals surface area contributed by atoms with Gasteiger partial charge in [-0.2, -0.15) is 0 Å². The largest absolute Gasteiger partial charge is 0.338 e. The van der Waals surface area contributed by atoms with Crippen molar-refractivity contribution in [2.24, 2.45) is 0 Å². The molecule has 0 radical (unpaired) electrons. The number of halogens is 3. The second-order valence-corrected chi connectivity index (χ2v) is 8.32. The topological polar surface area (TPSA) is 54.5 Å². The van der Waals surface area contributed by atoms with Gasteiger partial charge in [-0.3, -0.25) is 4.79 Å². The minimum absolute atomic E-state index is 0.0174. The van der Waals surface area contributed by atoms with Crippen LogP contribution in [0.25, 0.3) is 0 Å². The van der Waals surface area contributed by atoms with E-state index < -0.39 is 44.0 Å². The summed E-state index contributed by atoms with van der Waals surface area (Å²) in [6, 6.07) is 7.74. The number of piperidine rings is 1. The Morgan fingerprint density at radius 3 is 2.00 bits per heavy atom. The van der Waals surface area contributed by atoms with Gasteiger partial charge < -0.3 is 4.90 Å². The van der Waals surface area contributed by atoms with E-state index in [1.165, 1.54) is 23.1 Å². The minimum Gasteiger partial charge on any atom is -0.338 e. The molecule has 8 heteroatoms. The van der Waals surface area contributed by atoms with E-state index in [-0.39, 0.29) is 30.8 Å². The molecular formula is C18H16F3NO3S. The zero-order valence-corrected chi connectivity index (χ0v) is 14.5. The first kappa shape index (κ1) is 18.4. The number of hydrogen-bond acceptors (Lipinski definition) is 3. The van der Waals surface area contributed by atoms with Gasteiger partial charge in [-0.15, -0.1) is 0 Å². The van der Waals surface area contributed by atoms with E-state index in [0.717, 1.165) is 24.3 Å². The summed E-state index contributed by atoms with van der Waals surface area (Å²) >= 11 is 0. The Bertz CT molecular complexity index is 901. The van der Waals surface area contributed by atoms with Crippen LogP contribution in [0, 0.1) is 17.5 Å². The molecule has 1 saturated heterocycles. The fourth-order valence-corrected chi connectivity index (χ4v) is 4.78. The molecule has 1 heterocycles. The van der Waals surface area contributed by atoms with Gasteiger partial charge in [-0.25, -0.2) is 21.6 Å². The summed E-state index contributed by atoms with van der Waals surface area (Å²) in [7, 11) is -3.66. The molecule has 0 atom stereocenters. The molecule has 0 unspecified atom stereocenters. The molecular weight excluding hydrogens is 367 g/mol. The molecule has 1 amide bonds. The van der Waals surface area contributed by atoms with Crippen LogP contribution in [0.3, 0.4) is 0 Å². The number of hydrogen-bond donors (Lipinski definition) is 0. The van der Waals surface area contributed by atoms with Crippen molar-refractivity contribution in [2.45, 2.75) is 23.0 Å². The van der Waals surface area contributed by atoms with Crippen molar-refractivity contribution in [3.05, 3.63) is 65.5 Å². The Morgan fingerprint density at radius 2 is 1.46 bits per heavy atom. The Balaban J connectivity index is 1.73. The van der Waals surface area contributed by atoms with Crippen LogP contribution >= 0.6 is 0 Å². The van der Waals surface area contributed by atoms with Gasteiger partial charge in [0.25, 0.3) is 5.91 Å². The molecule has 4 nitrogen and oxygen atoms in total. The first-order valence-corrected chi connectivity index (χ1v) is 9.58. The molecule has 138 valence electrons. The third-order valence-electron chi connectivity index (χ3n) is 4.49. The second-order valence-electron chi connectivity index (χ2n) is 6.09. The molecule has 2 aromatic rings. The summed E-state index contributed by atoms with van der Waals surface area (Å²) in [5.74, 6) is -3.22. The lowest BCUT2D eigenvalue weighted by atomic mass is 10.1. The van der Waals surface area contributed by atoms with Gasteiger partial charge in [-0.1, -0.05) is 6.07 Å². The van der Waals surface area contributed by atoms with Crippen LogP contribution in [0.5, 0.6) is 0 Å². The quantitative estimate of drug-likeness (QED) is 0.765. The number of nitrogens with zero attached hydrogens (tertiary/aromatic N) is 1. The lowest BCUT2D eigenvalue weighted by Crippen LogP contribution is -2.43. The summed E-state index contributed by atoms with van der Waals surface area (Å²) in [6.07, 6.45) is 0.281. The predicted molar refractivity (Wildman–Crippen MR) is 88.9 cm³/mol. The van der Waals surface area contributed by atoms with Gasteiger partial charge in [0.15, 0.2) is 9.84 Å². The number of sulfone groups is 1. The van der Waals surface area contributed by atoms with Crippen LogP contribution in [0.4, 0.5) is 13.2 Å². The Hall–Kier alpha value is -2.35. The SMILES string of the molecule is O=C(c1c(F)cccc1F)N1CCC(S(=O)(=O)c2ccc(F)cc2)CC1. The van der Waals surface area contributed by atoms with Crippen molar-refractivity contribution in [3.63, 3.8) is 0 Å². The first-order valence-electron chi connectivity index (χ1n) is 8.03. The van der Waals surface area contributed by atoms with E-state index in [9.17, 15) is 26.4 Å². The van der Waals surface area contributed by atoms with Gasteiger partial charge in [0, 0.05) is 13.1 Å². The average molecular weight is 383 g/mol. The van der Waals surface area contributed by atoms with Crippen molar-refractivity contribution >= 4 is 15.7 Å². The summed E-state index contributed by atoms with van der Waals surface area (Å²) in [5, 5.41) is -0.734. The maximum atomic E-state index is 13.8. The molecule has 1 fully saturated rings. The number of amides is 1. The molecule has 3 rings (SSSR count). The molecule has 0 saturated carbocycles. The Morgan fingerprint density at radius 1 is 0.923 bits per heavy atom. The molecule has 0 bridgehead atoms. The van der Waals surface area contributed by atoms with Crippen LogP contribution in [0.2, 0.25) is 0 Å². The molecule has 0 aliphatic carbocycles. The summed E-state index contributed by atoms with van der Waals surface area (Å²) < 4.78 is 65.7. The van der Waals surface area contributed by atoms with Crippen LogP contribution in [-0.4, -0.2) is 37.6 Å². The first-order chi connectivity index (χ1) is 12.3. The third-order valence-corrected chi connectivity index (χ3v) is 6.77. The molecule has 0 aromatic heterocycles. The van der Waals surface area contributed by atoms with Crippen molar-refractivity contribution < 1.29 is 26.4 Å².